The molecule has 1 aliphatic rings. The summed E-state index contributed by atoms with van der Waals surface area (Å²) in [7, 11) is 0. The monoisotopic (exact) mass is 301 g/mol. The number of amides is 1. The molecule has 1 aromatic carbocycles. The van der Waals surface area contributed by atoms with Gasteiger partial charge in [-0.1, -0.05) is 30.3 Å². The summed E-state index contributed by atoms with van der Waals surface area (Å²) in [6, 6.07) is 12.2. The number of ether oxygens (including phenoxy) is 1. The zero-order valence-electron chi connectivity index (χ0n) is 12.1. The Morgan fingerprint density at radius 1 is 1.33 bits per heavy atom. The molecule has 1 amide bonds. The highest BCUT2D eigenvalue weighted by atomic mass is 32.1. The Balaban J connectivity index is 1.54. The predicted molar refractivity (Wildman–Crippen MR) is 84.6 cm³/mol. The van der Waals surface area contributed by atoms with Crippen molar-refractivity contribution in [1.29, 1.82) is 0 Å². The summed E-state index contributed by atoms with van der Waals surface area (Å²) in [6.45, 7) is 4.09. The molecule has 0 N–H and O–H groups in total. The van der Waals surface area contributed by atoms with E-state index in [-0.39, 0.29) is 12.0 Å². The van der Waals surface area contributed by atoms with Gasteiger partial charge in [0.2, 0.25) is 0 Å². The van der Waals surface area contributed by atoms with Crippen LogP contribution in [0.25, 0.3) is 0 Å². The number of carbonyl (C=O) groups is 1. The molecule has 3 nitrogen and oxygen atoms in total. The summed E-state index contributed by atoms with van der Waals surface area (Å²) in [5.41, 5.74) is 2.25. The Hall–Kier alpha value is -1.65. The van der Waals surface area contributed by atoms with Crippen LogP contribution in [0, 0.1) is 6.92 Å². The molecule has 1 atom stereocenters. The molecule has 4 heteroatoms. The fraction of sp³-hybridized carbons (Fsp3) is 0.353. The molecule has 1 saturated heterocycles. The summed E-state index contributed by atoms with van der Waals surface area (Å²) in [6.07, 6.45) is 1.07. The molecule has 2 aromatic rings. The van der Waals surface area contributed by atoms with Gasteiger partial charge in [0.25, 0.3) is 5.91 Å². The van der Waals surface area contributed by atoms with E-state index in [2.05, 4.69) is 12.1 Å². The molecule has 1 aromatic heterocycles. The van der Waals surface area contributed by atoms with Crippen molar-refractivity contribution in [1.82, 2.24) is 4.90 Å². The number of benzene rings is 1. The molecule has 0 spiro atoms. The summed E-state index contributed by atoms with van der Waals surface area (Å²) in [5, 5.41) is 1.97. The molecule has 0 radical (unpaired) electrons. The smallest absolute Gasteiger partial charge is 0.264 e. The van der Waals surface area contributed by atoms with Gasteiger partial charge in [0.1, 0.15) is 0 Å². The number of nitrogens with zero attached hydrogens (tertiary/aromatic N) is 1. The van der Waals surface area contributed by atoms with Crippen LogP contribution in [0.3, 0.4) is 0 Å². The highest BCUT2D eigenvalue weighted by Crippen LogP contribution is 2.22. The Morgan fingerprint density at radius 3 is 2.86 bits per heavy atom. The van der Waals surface area contributed by atoms with E-state index in [0.717, 1.165) is 23.4 Å². The fourth-order valence-corrected chi connectivity index (χ4v) is 3.46. The second kappa shape index (κ2) is 6.41. The van der Waals surface area contributed by atoms with Gasteiger partial charge in [-0.05, 0) is 35.9 Å². The predicted octanol–water partition coefficient (Wildman–Crippen LogP) is 3.49. The number of carbonyl (C=O) groups excluding carboxylic acids is 1. The first kappa shape index (κ1) is 14.3. The molecule has 0 bridgehead atoms. The summed E-state index contributed by atoms with van der Waals surface area (Å²) < 4.78 is 5.93. The first-order valence-electron chi connectivity index (χ1n) is 7.23. The molecular weight excluding hydrogens is 282 g/mol. The molecule has 0 saturated carbocycles. The zero-order valence-corrected chi connectivity index (χ0v) is 12.9. The van der Waals surface area contributed by atoms with Crippen molar-refractivity contribution in [2.75, 3.05) is 13.1 Å². The van der Waals surface area contributed by atoms with Crippen molar-refractivity contribution < 1.29 is 9.53 Å². The average molecular weight is 301 g/mol. The summed E-state index contributed by atoms with van der Waals surface area (Å²) in [5.74, 6) is 0.147. The Morgan fingerprint density at radius 2 is 2.14 bits per heavy atom. The fourth-order valence-electron chi connectivity index (χ4n) is 2.57. The number of hydrogen-bond acceptors (Lipinski definition) is 3. The van der Waals surface area contributed by atoms with Crippen LogP contribution in [0.4, 0.5) is 0 Å². The summed E-state index contributed by atoms with van der Waals surface area (Å²) in [4.78, 5) is 15.2. The van der Waals surface area contributed by atoms with Crippen molar-refractivity contribution in [2.24, 2.45) is 0 Å². The molecule has 1 unspecified atom stereocenters. The minimum absolute atomic E-state index is 0.147. The van der Waals surface area contributed by atoms with E-state index in [9.17, 15) is 4.79 Å². The Labute approximate surface area is 129 Å². The molecule has 0 aliphatic carbocycles. The van der Waals surface area contributed by atoms with Gasteiger partial charge in [0.05, 0.1) is 17.6 Å². The van der Waals surface area contributed by atoms with Gasteiger partial charge < -0.3 is 9.64 Å². The minimum Gasteiger partial charge on any atom is -0.372 e. The lowest BCUT2D eigenvalue weighted by atomic mass is 10.2. The van der Waals surface area contributed by atoms with Gasteiger partial charge in [0, 0.05) is 13.1 Å². The Bertz CT molecular complexity index is 608. The number of rotatable bonds is 4. The third kappa shape index (κ3) is 3.34. The van der Waals surface area contributed by atoms with Crippen LogP contribution in [-0.2, 0) is 11.3 Å². The van der Waals surface area contributed by atoms with Gasteiger partial charge in [0.15, 0.2) is 0 Å². The quantitative estimate of drug-likeness (QED) is 0.865. The van der Waals surface area contributed by atoms with Gasteiger partial charge in [-0.25, -0.2) is 0 Å². The van der Waals surface area contributed by atoms with E-state index in [1.807, 2.05) is 41.5 Å². The van der Waals surface area contributed by atoms with Crippen LogP contribution < -0.4 is 0 Å². The molecule has 110 valence electrons. The zero-order chi connectivity index (χ0) is 14.7. The maximum atomic E-state index is 12.4. The highest BCUT2D eigenvalue weighted by molar-refractivity contribution is 7.12. The molecule has 3 rings (SSSR count). The molecule has 1 aliphatic heterocycles. The number of aryl methyl sites for hydroxylation is 1. The van der Waals surface area contributed by atoms with Crippen LogP contribution in [0.15, 0.2) is 41.8 Å². The van der Waals surface area contributed by atoms with E-state index >= 15 is 0 Å². The second-order valence-corrected chi connectivity index (χ2v) is 6.31. The number of thiophene rings is 1. The maximum Gasteiger partial charge on any atom is 0.264 e. The van der Waals surface area contributed by atoms with Gasteiger partial charge >= 0.3 is 0 Å². The van der Waals surface area contributed by atoms with Crippen LogP contribution in [-0.4, -0.2) is 30.0 Å². The third-order valence-corrected chi connectivity index (χ3v) is 4.82. The van der Waals surface area contributed by atoms with Crippen LogP contribution >= 0.6 is 11.3 Å². The summed E-state index contributed by atoms with van der Waals surface area (Å²) >= 11 is 1.52. The standard InChI is InChI=1S/C17H19NO2S/c1-13-8-10-21-16(13)17(19)18-9-7-15(11-18)20-12-14-5-3-2-4-6-14/h2-6,8,10,15H,7,9,11-12H2,1H3. The van der Waals surface area contributed by atoms with Crippen LogP contribution in [0.5, 0.6) is 0 Å². The lowest BCUT2D eigenvalue weighted by molar-refractivity contribution is 0.0438. The SMILES string of the molecule is Cc1ccsc1C(=O)N1CCC(OCc2ccccc2)C1. The van der Waals surface area contributed by atoms with Gasteiger partial charge in [-0.3, -0.25) is 4.79 Å². The number of likely N-dealkylation sites (tertiary alicyclic amines) is 1. The average Bonchev–Trinajstić information content (AvgIpc) is 3.14. The molecule has 21 heavy (non-hydrogen) atoms. The molecule has 1 fully saturated rings. The van der Waals surface area contributed by atoms with Crippen LogP contribution in [0.1, 0.15) is 27.2 Å². The van der Waals surface area contributed by atoms with Crippen molar-refractivity contribution in [3.63, 3.8) is 0 Å². The minimum atomic E-state index is 0.147. The van der Waals surface area contributed by atoms with Crippen LogP contribution in [0.2, 0.25) is 0 Å². The van der Waals surface area contributed by atoms with Crippen molar-refractivity contribution in [3.05, 3.63) is 57.8 Å². The topological polar surface area (TPSA) is 29.5 Å². The molecular formula is C17H19NO2S. The van der Waals surface area contributed by atoms with Crippen molar-refractivity contribution >= 4 is 17.2 Å². The number of hydrogen-bond donors (Lipinski definition) is 0. The van der Waals surface area contributed by atoms with Crippen molar-refractivity contribution in [3.8, 4) is 0 Å². The van der Waals surface area contributed by atoms with E-state index in [4.69, 9.17) is 4.74 Å². The van der Waals surface area contributed by atoms with E-state index in [1.165, 1.54) is 16.9 Å². The molecule has 2 heterocycles. The maximum absolute atomic E-state index is 12.4. The van der Waals surface area contributed by atoms with E-state index in [1.54, 1.807) is 0 Å². The first-order chi connectivity index (χ1) is 10.2. The van der Waals surface area contributed by atoms with Crippen molar-refractivity contribution in [2.45, 2.75) is 26.1 Å². The van der Waals surface area contributed by atoms with E-state index in [0.29, 0.717) is 13.2 Å². The largest absolute Gasteiger partial charge is 0.372 e. The normalized spacial score (nSPS) is 18.1. The highest BCUT2D eigenvalue weighted by Gasteiger charge is 2.28. The van der Waals surface area contributed by atoms with E-state index < -0.39 is 0 Å². The van der Waals surface area contributed by atoms with Gasteiger partial charge in [-0.2, -0.15) is 0 Å². The third-order valence-electron chi connectivity index (χ3n) is 3.82. The first-order valence-corrected chi connectivity index (χ1v) is 8.11. The Kier molecular flexibility index (Phi) is 4.36. The lowest BCUT2D eigenvalue weighted by Gasteiger charge is -2.16. The second-order valence-electron chi connectivity index (χ2n) is 5.39. The lowest BCUT2D eigenvalue weighted by Crippen LogP contribution is -2.30. The van der Waals surface area contributed by atoms with Gasteiger partial charge in [-0.15, -0.1) is 11.3 Å².